The number of aromatic nitrogens is 1. The summed E-state index contributed by atoms with van der Waals surface area (Å²) in [5, 5.41) is 19.1. The number of amides is 1. The lowest BCUT2D eigenvalue weighted by Gasteiger charge is -2.22. The number of carbonyl (C=O) groups excluding carboxylic acids is 1. The zero-order valence-corrected chi connectivity index (χ0v) is 15.5. The normalized spacial score (nSPS) is 16.9. The number of nitrogens with zero attached hydrogens (tertiary/aromatic N) is 2. The third-order valence-corrected chi connectivity index (χ3v) is 5.31. The molecule has 0 spiro atoms. The Kier molecular flexibility index (Phi) is 5.52. The molecule has 0 aliphatic carbocycles. The summed E-state index contributed by atoms with van der Waals surface area (Å²) in [6, 6.07) is 7.91. The van der Waals surface area contributed by atoms with E-state index in [1.54, 1.807) is 18.3 Å². The highest BCUT2D eigenvalue weighted by Gasteiger charge is 2.40. The van der Waals surface area contributed by atoms with Gasteiger partial charge in [-0.05, 0) is 36.3 Å². The standard InChI is InChI=1S/C18H14N2O5S2/c21-15(22)6-5-13(17(24)25)20-16(23)14(27-18(20)26)9-10-3-4-12-11(8-10)2-1-7-19-12/h1-4,7-9,13H,5-6H2,(H,21,22)(H,24,25)/b14-9-/t13-/m0/s1. The Morgan fingerprint density at radius 2 is 2.07 bits per heavy atom. The van der Waals surface area contributed by atoms with Crippen LogP contribution < -0.4 is 0 Å². The van der Waals surface area contributed by atoms with Gasteiger partial charge in [0.25, 0.3) is 5.91 Å². The van der Waals surface area contributed by atoms with Gasteiger partial charge in [0.15, 0.2) is 0 Å². The molecule has 1 aliphatic heterocycles. The van der Waals surface area contributed by atoms with E-state index in [9.17, 15) is 19.5 Å². The highest BCUT2D eigenvalue weighted by molar-refractivity contribution is 8.26. The van der Waals surface area contributed by atoms with Crippen molar-refractivity contribution in [2.75, 3.05) is 0 Å². The smallest absolute Gasteiger partial charge is 0.326 e. The molecule has 1 aromatic carbocycles. The van der Waals surface area contributed by atoms with Crippen molar-refractivity contribution in [3.8, 4) is 0 Å². The Morgan fingerprint density at radius 3 is 2.78 bits per heavy atom. The lowest BCUT2D eigenvalue weighted by molar-refractivity contribution is -0.146. The second-order valence-electron chi connectivity index (χ2n) is 5.79. The molecule has 2 aromatic rings. The number of rotatable bonds is 6. The topological polar surface area (TPSA) is 108 Å². The van der Waals surface area contributed by atoms with E-state index in [1.807, 2.05) is 24.3 Å². The summed E-state index contributed by atoms with van der Waals surface area (Å²) in [5.74, 6) is -2.95. The van der Waals surface area contributed by atoms with E-state index in [-0.39, 0.29) is 17.2 Å². The number of thioether (sulfide) groups is 1. The molecule has 1 aromatic heterocycles. The molecule has 27 heavy (non-hydrogen) atoms. The molecule has 1 amide bonds. The summed E-state index contributed by atoms with van der Waals surface area (Å²) >= 11 is 6.17. The van der Waals surface area contributed by atoms with Gasteiger partial charge in [0.2, 0.25) is 0 Å². The Bertz CT molecular complexity index is 989. The molecule has 9 heteroatoms. The molecular formula is C18H14N2O5S2. The van der Waals surface area contributed by atoms with Crippen LogP contribution in [-0.4, -0.2) is 48.3 Å². The van der Waals surface area contributed by atoms with Crippen LogP contribution in [0.2, 0.25) is 0 Å². The van der Waals surface area contributed by atoms with Crippen molar-refractivity contribution in [2.24, 2.45) is 0 Å². The zero-order chi connectivity index (χ0) is 19.6. The quantitative estimate of drug-likeness (QED) is 0.561. The van der Waals surface area contributed by atoms with Crippen molar-refractivity contribution in [3.05, 3.63) is 47.0 Å². The lowest BCUT2D eigenvalue weighted by atomic mass is 10.1. The summed E-state index contributed by atoms with van der Waals surface area (Å²) in [5.41, 5.74) is 1.58. The molecule has 2 heterocycles. The molecule has 1 atom stereocenters. The third-order valence-electron chi connectivity index (χ3n) is 3.98. The van der Waals surface area contributed by atoms with Gasteiger partial charge in [-0.25, -0.2) is 4.79 Å². The van der Waals surface area contributed by atoms with E-state index < -0.39 is 23.9 Å². The monoisotopic (exact) mass is 402 g/mol. The predicted octanol–water partition coefficient (Wildman–Crippen LogP) is 2.75. The number of carbonyl (C=O) groups is 3. The van der Waals surface area contributed by atoms with E-state index in [4.69, 9.17) is 17.3 Å². The minimum absolute atomic E-state index is 0.103. The second kappa shape index (κ2) is 7.85. The van der Waals surface area contributed by atoms with Crippen LogP contribution in [-0.2, 0) is 14.4 Å². The van der Waals surface area contributed by atoms with Gasteiger partial charge in [-0.2, -0.15) is 0 Å². The van der Waals surface area contributed by atoms with Crippen LogP contribution in [0, 0.1) is 0 Å². The number of pyridine rings is 1. The molecular weight excluding hydrogens is 388 g/mol. The highest BCUT2D eigenvalue weighted by Crippen LogP contribution is 2.35. The molecule has 0 bridgehead atoms. The van der Waals surface area contributed by atoms with Crippen LogP contribution in [0.1, 0.15) is 18.4 Å². The van der Waals surface area contributed by atoms with E-state index in [1.165, 1.54) is 0 Å². The van der Waals surface area contributed by atoms with Gasteiger partial charge in [0.1, 0.15) is 10.4 Å². The van der Waals surface area contributed by atoms with Gasteiger partial charge in [-0.1, -0.05) is 36.1 Å². The molecule has 7 nitrogen and oxygen atoms in total. The predicted molar refractivity (Wildman–Crippen MR) is 105 cm³/mol. The van der Waals surface area contributed by atoms with Crippen LogP contribution >= 0.6 is 24.0 Å². The average Bonchev–Trinajstić information content (AvgIpc) is 2.89. The molecule has 1 fully saturated rings. The van der Waals surface area contributed by atoms with E-state index in [0.29, 0.717) is 4.91 Å². The van der Waals surface area contributed by atoms with E-state index in [0.717, 1.165) is 33.1 Å². The lowest BCUT2D eigenvalue weighted by Crippen LogP contribution is -2.44. The number of hydrogen-bond acceptors (Lipinski definition) is 6. The number of benzene rings is 1. The molecule has 1 aliphatic rings. The number of aliphatic carboxylic acids is 2. The minimum Gasteiger partial charge on any atom is -0.481 e. The maximum absolute atomic E-state index is 12.7. The number of thiocarbonyl (C=S) groups is 1. The van der Waals surface area contributed by atoms with Crippen LogP contribution in [0.25, 0.3) is 17.0 Å². The first-order valence-electron chi connectivity index (χ1n) is 7.93. The Labute approximate surface area is 163 Å². The van der Waals surface area contributed by atoms with Gasteiger partial charge in [0.05, 0.1) is 10.4 Å². The zero-order valence-electron chi connectivity index (χ0n) is 13.9. The van der Waals surface area contributed by atoms with Gasteiger partial charge < -0.3 is 10.2 Å². The largest absolute Gasteiger partial charge is 0.481 e. The molecule has 0 saturated carbocycles. The number of carboxylic acid groups (broad SMARTS) is 2. The van der Waals surface area contributed by atoms with E-state index >= 15 is 0 Å². The molecule has 1 saturated heterocycles. The fourth-order valence-electron chi connectivity index (χ4n) is 2.71. The fraction of sp³-hybridized carbons (Fsp3) is 0.167. The van der Waals surface area contributed by atoms with Crippen molar-refractivity contribution in [1.29, 1.82) is 0 Å². The van der Waals surface area contributed by atoms with Gasteiger partial charge in [-0.3, -0.25) is 19.5 Å². The van der Waals surface area contributed by atoms with Crippen LogP contribution in [0.4, 0.5) is 0 Å². The number of fused-ring (bicyclic) bond motifs is 1. The molecule has 3 rings (SSSR count). The van der Waals surface area contributed by atoms with Gasteiger partial charge in [-0.15, -0.1) is 0 Å². The van der Waals surface area contributed by atoms with E-state index in [2.05, 4.69) is 4.98 Å². The first-order chi connectivity index (χ1) is 12.9. The summed E-state index contributed by atoms with van der Waals surface area (Å²) in [4.78, 5) is 40.5. The fourth-order valence-corrected chi connectivity index (χ4v) is 4.06. The van der Waals surface area contributed by atoms with Crippen LogP contribution in [0.3, 0.4) is 0 Å². The number of carboxylic acids is 2. The molecule has 138 valence electrons. The minimum atomic E-state index is -1.31. The summed E-state index contributed by atoms with van der Waals surface area (Å²) in [6.07, 6.45) is 2.74. The molecule has 0 unspecified atom stereocenters. The van der Waals surface area contributed by atoms with Crippen molar-refractivity contribution in [2.45, 2.75) is 18.9 Å². The Morgan fingerprint density at radius 1 is 1.30 bits per heavy atom. The molecule has 0 radical (unpaired) electrons. The summed E-state index contributed by atoms with van der Waals surface area (Å²) in [7, 11) is 0. The Balaban J connectivity index is 1.88. The van der Waals surface area contributed by atoms with Crippen molar-refractivity contribution in [1.82, 2.24) is 9.88 Å². The van der Waals surface area contributed by atoms with Crippen molar-refractivity contribution < 1.29 is 24.6 Å². The van der Waals surface area contributed by atoms with Gasteiger partial charge in [0, 0.05) is 18.0 Å². The maximum Gasteiger partial charge on any atom is 0.326 e. The molecule has 2 N–H and O–H groups in total. The van der Waals surface area contributed by atoms with Gasteiger partial charge >= 0.3 is 11.9 Å². The number of hydrogen-bond donors (Lipinski definition) is 2. The van der Waals surface area contributed by atoms with Crippen LogP contribution in [0.15, 0.2) is 41.4 Å². The first-order valence-corrected chi connectivity index (χ1v) is 9.16. The maximum atomic E-state index is 12.7. The van der Waals surface area contributed by atoms with Crippen molar-refractivity contribution >= 4 is 63.1 Å². The second-order valence-corrected chi connectivity index (χ2v) is 7.47. The van der Waals surface area contributed by atoms with Crippen LogP contribution in [0.5, 0.6) is 0 Å². The Hall–Kier alpha value is -2.78. The third kappa shape index (κ3) is 4.15. The first kappa shape index (κ1) is 19.0. The summed E-state index contributed by atoms with van der Waals surface area (Å²) in [6.45, 7) is 0. The SMILES string of the molecule is O=C(O)CC[C@@H](C(=O)O)N1C(=O)/C(=C/c2ccc3ncccc3c2)SC1=S. The average molecular weight is 402 g/mol. The summed E-state index contributed by atoms with van der Waals surface area (Å²) < 4.78 is 0.103. The van der Waals surface area contributed by atoms with Crippen molar-refractivity contribution in [3.63, 3.8) is 0 Å². The highest BCUT2D eigenvalue weighted by atomic mass is 32.2.